The van der Waals surface area contributed by atoms with Crippen molar-refractivity contribution < 1.29 is 4.74 Å². The van der Waals surface area contributed by atoms with E-state index in [-0.39, 0.29) is 0 Å². The third-order valence-electron chi connectivity index (χ3n) is 3.26. The maximum atomic E-state index is 5.84. The van der Waals surface area contributed by atoms with Gasteiger partial charge in [-0.25, -0.2) is 0 Å². The second-order valence-corrected chi connectivity index (χ2v) is 4.56. The fraction of sp³-hybridized carbons (Fsp3) is 0.133. The van der Waals surface area contributed by atoms with Gasteiger partial charge in [0.25, 0.3) is 0 Å². The molecular weight excluding hydrogens is 238 g/mol. The largest absolute Gasteiger partial charge is 0.496 e. The molecule has 3 aromatic rings. The third kappa shape index (κ3) is 1.91. The van der Waals surface area contributed by atoms with E-state index in [1.54, 1.807) is 7.11 Å². The number of anilines is 1. The molecule has 0 unspecified atom stereocenters. The summed E-state index contributed by atoms with van der Waals surface area (Å²) in [6.45, 7) is 2.02. The Morgan fingerprint density at radius 1 is 1.16 bits per heavy atom. The number of benzene rings is 2. The van der Waals surface area contributed by atoms with Crippen LogP contribution in [0, 0.1) is 6.92 Å². The van der Waals surface area contributed by atoms with E-state index in [1.807, 2.05) is 37.3 Å². The molecule has 0 aliphatic heterocycles. The average molecular weight is 253 g/mol. The summed E-state index contributed by atoms with van der Waals surface area (Å²) in [6.07, 6.45) is 0. The van der Waals surface area contributed by atoms with Crippen molar-refractivity contribution in [2.75, 3.05) is 12.8 Å². The molecule has 0 aliphatic carbocycles. The van der Waals surface area contributed by atoms with Crippen molar-refractivity contribution >= 4 is 16.6 Å². The Kier molecular flexibility index (Phi) is 2.63. The average Bonchev–Trinajstić information content (AvgIpc) is 2.81. The first-order valence-corrected chi connectivity index (χ1v) is 6.07. The molecule has 0 atom stereocenters. The number of hydrogen-bond donors (Lipinski definition) is 2. The predicted molar refractivity (Wildman–Crippen MR) is 77.2 cm³/mol. The SMILES string of the molecule is COc1ccc(-c2n[nH]c3ccc(N)cc23)cc1C. The number of hydrogen-bond acceptors (Lipinski definition) is 3. The first-order chi connectivity index (χ1) is 9.19. The summed E-state index contributed by atoms with van der Waals surface area (Å²) in [5.41, 5.74) is 10.6. The molecule has 4 heteroatoms. The van der Waals surface area contributed by atoms with E-state index in [2.05, 4.69) is 16.3 Å². The smallest absolute Gasteiger partial charge is 0.121 e. The number of aromatic amines is 1. The van der Waals surface area contributed by atoms with Crippen LogP contribution in [0.2, 0.25) is 0 Å². The lowest BCUT2D eigenvalue weighted by Crippen LogP contribution is -1.88. The molecular formula is C15H15N3O. The molecule has 3 N–H and O–H groups in total. The molecule has 0 spiro atoms. The van der Waals surface area contributed by atoms with Gasteiger partial charge in [-0.1, -0.05) is 0 Å². The summed E-state index contributed by atoms with van der Waals surface area (Å²) in [7, 11) is 1.67. The Morgan fingerprint density at radius 3 is 2.74 bits per heavy atom. The topological polar surface area (TPSA) is 63.9 Å². The molecule has 0 saturated carbocycles. The van der Waals surface area contributed by atoms with Crippen molar-refractivity contribution in [1.29, 1.82) is 0 Å². The minimum atomic E-state index is 0.736. The van der Waals surface area contributed by atoms with Crippen LogP contribution in [0.3, 0.4) is 0 Å². The second-order valence-electron chi connectivity index (χ2n) is 4.56. The quantitative estimate of drug-likeness (QED) is 0.690. The summed E-state index contributed by atoms with van der Waals surface area (Å²) >= 11 is 0. The number of ether oxygens (including phenoxy) is 1. The van der Waals surface area contributed by atoms with Crippen LogP contribution in [-0.4, -0.2) is 17.3 Å². The van der Waals surface area contributed by atoms with Gasteiger partial charge in [0, 0.05) is 16.6 Å². The monoisotopic (exact) mass is 253 g/mol. The third-order valence-corrected chi connectivity index (χ3v) is 3.26. The van der Waals surface area contributed by atoms with E-state index in [0.29, 0.717) is 0 Å². The molecule has 4 nitrogen and oxygen atoms in total. The number of nitrogens with one attached hydrogen (secondary N) is 1. The zero-order valence-corrected chi connectivity index (χ0v) is 10.9. The van der Waals surface area contributed by atoms with Crippen molar-refractivity contribution in [1.82, 2.24) is 10.2 Å². The van der Waals surface area contributed by atoms with Gasteiger partial charge >= 0.3 is 0 Å². The minimum Gasteiger partial charge on any atom is -0.496 e. The first kappa shape index (κ1) is 11.6. The molecule has 2 aromatic carbocycles. The van der Waals surface area contributed by atoms with Crippen LogP contribution in [0.5, 0.6) is 5.75 Å². The van der Waals surface area contributed by atoms with Gasteiger partial charge in [0.1, 0.15) is 5.75 Å². The van der Waals surface area contributed by atoms with Crippen molar-refractivity contribution in [3.05, 3.63) is 42.0 Å². The zero-order valence-electron chi connectivity index (χ0n) is 10.9. The molecule has 0 fully saturated rings. The molecule has 1 aromatic heterocycles. The maximum absolute atomic E-state index is 5.84. The van der Waals surface area contributed by atoms with Crippen molar-refractivity contribution in [2.45, 2.75) is 6.92 Å². The Balaban J connectivity index is 2.18. The number of fused-ring (bicyclic) bond motifs is 1. The molecule has 0 amide bonds. The Morgan fingerprint density at radius 2 is 2.00 bits per heavy atom. The zero-order chi connectivity index (χ0) is 13.4. The van der Waals surface area contributed by atoms with Crippen LogP contribution in [0.15, 0.2) is 36.4 Å². The lowest BCUT2D eigenvalue weighted by atomic mass is 10.0. The van der Waals surface area contributed by atoms with Crippen molar-refractivity contribution in [3.8, 4) is 17.0 Å². The number of H-pyrrole nitrogens is 1. The fourth-order valence-electron chi connectivity index (χ4n) is 2.28. The number of nitrogens with zero attached hydrogens (tertiary/aromatic N) is 1. The summed E-state index contributed by atoms with van der Waals surface area (Å²) in [5.74, 6) is 0.878. The second kappa shape index (κ2) is 4.31. The molecule has 0 radical (unpaired) electrons. The lowest BCUT2D eigenvalue weighted by Gasteiger charge is -2.06. The van der Waals surface area contributed by atoms with Crippen molar-refractivity contribution in [2.24, 2.45) is 0 Å². The predicted octanol–water partition coefficient (Wildman–Crippen LogP) is 3.13. The van der Waals surface area contributed by atoms with Gasteiger partial charge in [-0.2, -0.15) is 5.10 Å². The van der Waals surface area contributed by atoms with Gasteiger partial charge in [-0.05, 0) is 48.9 Å². The normalized spacial score (nSPS) is 10.8. The van der Waals surface area contributed by atoms with Crippen LogP contribution in [0.25, 0.3) is 22.2 Å². The minimum absolute atomic E-state index is 0.736. The standard InChI is InChI=1S/C15H15N3O/c1-9-7-10(3-6-14(9)19-2)15-12-8-11(16)4-5-13(12)17-18-15/h3-8H,16H2,1-2H3,(H,17,18). The van der Waals surface area contributed by atoms with Crippen LogP contribution in [0.1, 0.15) is 5.56 Å². The Bertz CT molecular complexity index is 746. The van der Waals surface area contributed by atoms with Crippen molar-refractivity contribution in [3.63, 3.8) is 0 Å². The molecule has 3 rings (SSSR count). The Hall–Kier alpha value is -2.49. The molecule has 96 valence electrons. The van der Waals surface area contributed by atoms with Crippen LogP contribution in [-0.2, 0) is 0 Å². The lowest BCUT2D eigenvalue weighted by molar-refractivity contribution is 0.412. The first-order valence-electron chi connectivity index (χ1n) is 6.07. The highest BCUT2D eigenvalue weighted by Gasteiger charge is 2.09. The van der Waals surface area contributed by atoms with Gasteiger partial charge in [0.2, 0.25) is 0 Å². The summed E-state index contributed by atoms with van der Waals surface area (Å²) in [4.78, 5) is 0. The molecule has 1 heterocycles. The highest BCUT2D eigenvalue weighted by Crippen LogP contribution is 2.30. The van der Waals surface area contributed by atoms with E-state index in [1.165, 1.54) is 0 Å². The highest BCUT2D eigenvalue weighted by molar-refractivity contribution is 5.94. The number of nitrogen functional groups attached to an aromatic ring is 1. The fourth-order valence-corrected chi connectivity index (χ4v) is 2.28. The number of nitrogens with two attached hydrogens (primary N) is 1. The maximum Gasteiger partial charge on any atom is 0.121 e. The highest BCUT2D eigenvalue weighted by atomic mass is 16.5. The summed E-state index contributed by atoms with van der Waals surface area (Å²) in [6, 6.07) is 11.8. The molecule has 0 aliphatic rings. The van der Waals surface area contributed by atoms with E-state index < -0.39 is 0 Å². The van der Waals surface area contributed by atoms with Crippen LogP contribution < -0.4 is 10.5 Å². The van der Waals surface area contributed by atoms with E-state index in [4.69, 9.17) is 10.5 Å². The number of aryl methyl sites for hydroxylation is 1. The molecule has 0 bridgehead atoms. The van der Waals surface area contributed by atoms with E-state index in [0.717, 1.165) is 39.2 Å². The van der Waals surface area contributed by atoms with E-state index >= 15 is 0 Å². The van der Waals surface area contributed by atoms with E-state index in [9.17, 15) is 0 Å². The number of rotatable bonds is 2. The number of methoxy groups -OCH3 is 1. The molecule has 19 heavy (non-hydrogen) atoms. The van der Waals surface area contributed by atoms with Gasteiger partial charge in [-0.15, -0.1) is 0 Å². The van der Waals surface area contributed by atoms with Crippen LogP contribution >= 0.6 is 0 Å². The van der Waals surface area contributed by atoms with Gasteiger partial charge in [0.15, 0.2) is 0 Å². The number of aromatic nitrogens is 2. The van der Waals surface area contributed by atoms with Gasteiger partial charge in [-0.3, -0.25) is 5.10 Å². The Labute approximate surface area is 111 Å². The van der Waals surface area contributed by atoms with Gasteiger partial charge < -0.3 is 10.5 Å². The molecule has 0 saturated heterocycles. The van der Waals surface area contributed by atoms with Gasteiger partial charge in [0.05, 0.1) is 18.3 Å². The van der Waals surface area contributed by atoms with Crippen LogP contribution in [0.4, 0.5) is 5.69 Å². The summed E-state index contributed by atoms with van der Waals surface area (Å²) < 4.78 is 5.28. The summed E-state index contributed by atoms with van der Waals surface area (Å²) in [5, 5.41) is 8.44.